The lowest BCUT2D eigenvalue weighted by molar-refractivity contribution is 0.732. The van der Waals surface area contributed by atoms with Gasteiger partial charge in [-0.1, -0.05) is 17.7 Å². The second-order valence-electron chi connectivity index (χ2n) is 2.98. The Morgan fingerprint density at radius 1 is 1.79 bits per heavy atom. The fourth-order valence-corrected chi connectivity index (χ4v) is 1.11. The van der Waals surface area contributed by atoms with Crippen LogP contribution in [0.1, 0.15) is 6.92 Å². The minimum atomic E-state index is -0.288. The minimum Gasteiger partial charge on any atom is -0.364 e. The molecule has 1 atom stereocenters. The maximum absolute atomic E-state index is 11.2. The zero-order valence-corrected chi connectivity index (χ0v) is 8.88. The summed E-state index contributed by atoms with van der Waals surface area (Å²) >= 11 is 5.56. The van der Waals surface area contributed by atoms with Gasteiger partial charge in [-0.05, 0) is 6.92 Å². The summed E-state index contributed by atoms with van der Waals surface area (Å²) in [5.74, 6) is 0.617. The molecule has 0 amide bonds. The van der Waals surface area contributed by atoms with E-state index in [-0.39, 0.29) is 16.6 Å². The number of rotatable bonds is 3. The molecule has 76 valence electrons. The number of nitrogens with zero attached hydrogens (tertiary/aromatic N) is 2. The van der Waals surface area contributed by atoms with Gasteiger partial charge in [0.05, 0.1) is 0 Å². The highest BCUT2D eigenvalue weighted by atomic mass is 35.5. The molecule has 0 saturated heterocycles. The molecule has 1 rings (SSSR count). The van der Waals surface area contributed by atoms with Gasteiger partial charge >= 0.3 is 0 Å². The monoisotopic (exact) mass is 213 g/mol. The summed E-state index contributed by atoms with van der Waals surface area (Å²) in [5, 5.41) is 6.86. The fraction of sp³-hybridized carbons (Fsp3) is 0.333. The Morgan fingerprint density at radius 3 is 3.00 bits per heavy atom. The van der Waals surface area contributed by atoms with Crippen LogP contribution in [0.5, 0.6) is 0 Å². The molecule has 1 aromatic rings. The zero-order valence-electron chi connectivity index (χ0n) is 8.12. The van der Waals surface area contributed by atoms with Crippen LogP contribution in [0.2, 0.25) is 5.15 Å². The number of nitrogens with one attached hydrogen (secondary N) is 1. The normalized spacial score (nSPS) is 12.2. The third kappa shape index (κ3) is 2.35. The van der Waals surface area contributed by atoms with Crippen LogP contribution in [0.15, 0.2) is 23.5 Å². The average molecular weight is 214 g/mol. The second kappa shape index (κ2) is 4.28. The Bertz CT molecular complexity index is 400. The van der Waals surface area contributed by atoms with Gasteiger partial charge in [0, 0.05) is 19.2 Å². The molecule has 1 heterocycles. The Labute approximate surface area is 87.2 Å². The fourth-order valence-electron chi connectivity index (χ4n) is 0.939. The van der Waals surface area contributed by atoms with E-state index in [0.29, 0.717) is 5.82 Å². The van der Waals surface area contributed by atoms with Crippen molar-refractivity contribution in [1.29, 1.82) is 0 Å². The van der Waals surface area contributed by atoms with Gasteiger partial charge in [0.1, 0.15) is 5.82 Å². The molecule has 1 N–H and O–H groups in total. The first-order chi connectivity index (χ1) is 6.54. The minimum absolute atomic E-state index is 0.0238. The standard InChI is InChI=1S/C9H12ClN3O/c1-4-6(2)11-8-5-7(14)9(10)12-13(8)3/h4-6,11H,1H2,2-3H3. The molecule has 0 bridgehead atoms. The Hall–Kier alpha value is -1.29. The first-order valence-electron chi connectivity index (χ1n) is 4.17. The van der Waals surface area contributed by atoms with Crippen molar-refractivity contribution < 1.29 is 0 Å². The third-order valence-electron chi connectivity index (χ3n) is 1.79. The van der Waals surface area contributed by atoms with Crippen molar-refractivity contribution in [3.8, 4) is 0 Å². The molecule has 5 heteroatoms. The van der Waals surface area contributed by atoms with E-state index in [4.69, 9.17) is 11.6 Å². The lowest BCUT2D eigenvalue weighted by Gasteiger charge is -2.13. The largest absolute Gasteiger partial charge is 0.364 e. The molecule has 14 heavy (non-hydrogen) atoms. The number of halogens is 1. The van der Waals surface area contributed by atoms with E-state index in [0.717, 1.165) is 0 Å². The van der Waals surface area contributed by atoms with E-state index in [1.807, 2.05) is 6.92 Å². The maximum atomic E-state index is 11.2. The van der Waals surface area contributed by atoms with Crippen molar-refractivity contribution >= 4 is 17.4 Å². The van der Waals surface area contributed by atoms with Gasteiger partial charge in [0.15, 0.2) is 5.15 Å². The molecule has 0 aromatic carbocycles. The molecule has 0 aliphatic heterocycles. The molecule has 0 radical (unpaired) electrons. The number of aryl methyl sites for hydroxylation is 1. The molecule has 0 aliphatic rings. The van der Waals surface area contributed by atoms with Crippen LogP contribution >= 0.6 is 11.6 Å². The third-order valence-corrected chi connectivity index (χ3v) is 2.05. The quantitative estimate of drug-likeness (QED) is 0.773. The van der Waals surface area contributed by atoms with Crippen molar-refractivity contribution in [2.75, 3.05) is 5.32 Å². The van der Waals surface area contributed by atoms with E-state index in [2.05, 4.69) is 17.0 Å². The van der Waals surface area contributed by atoms with Crippen molar-refractivity contribution in [1.82, 2.24) is 9.78 Å². The summed E-state index contributed by atoms with van der Waals surface area (Å²) in [6, 6.07) is 1.48. The van der Waals surface area contributed by atoms with Crippen LogP contribution in [0.4, 0.5) is 5.82 Å². The topological polar surface area (TPSA) is 46.9 Å². The van der Waals surface area contributed by atoms with Crippen molar-refractivity contribution in [2.24, 2.45) is 7.05 Å². The molecule has 1 unspecified atom stereocenters. The van der Waals surface area contributed by atoms with Crippen molar-refractivity contribution in [3.63, 3.8) is 0 Å². The molecule has 1 aromatic heterocycles. The summed E-state index contributed by atoms with van der Waals surface area (Å²) in [7, 11) is 1.71. The molecular formula is C9H12ClN3O. The number of anilines is 1. The van der Waals surface area contributed by atoms with Gasteiger partial charge in [-0.15, -0.1) is 6.58 Å². The highest BCUT2D eigenvalue weighted by Crippen LogP contribution is 2.05. The maximum Gasteiger partial charge on any atom is 0.221 e. The predicted octanol–water partition coefficient (Wildman–Crippen LogP) is 1.42. The molecule has 0 spiro atoms. The molecule has 0 fully saturated rings. The second-order valence-corrected chi connectivity index (χ2v) is 3.33. The molecule has 4 nitrogen and oxygen atoms in total. The highest BCUT2D eigenvalue weighted by Gasteiger charge is 2.04. The van der Waals surface area contributed by atoms with Crippen molar-refractivity contribution in [2.45, 2.75) is 13.0 Å². The van der Waals surface area contributed by atoms with Crippen LogP contribution in [-0.2, 0) is 7.05 Å². The van der Waals surface area contributed by atoms with E-state index in [9.17, 15) is 4.79 Å². The van der Waals surface area contributed by atoms with Crippen LogP contribution in [-0.4, -0.2) is 15.8 Å². The summed E-state index contributed by atoms with van der Waals surface area (Å²) < 4.78 is 1.52. The molecule has 0 aliphatic carbocycles. The van der Waals surface area contributed by atoms with Crippen LogP contribution in [0, 0.1) is 0 Å². The Balaban J connectivity index is 3.04. The van der Waals surface area contributed by atoms with Crippen molar-refractivity contribution in [3.05, 3.63) is 34.1 Å². The summed E-state index contributed by atoms with van der Waals surface area (Å²) in [6.07, 6.45) is 1.74. The first kappa shape index (κ1) is 10.8. The van der Waals surface area contributed by atoms with E-state index in [1.165, 1.54) is 10.7 Å². The van der Waals surface area contributed by atoms with Gasteiger partial charge in [-0.3, -0.25) is 9.48 Å². The van der Waals surface area contributed by atoms with Gasteiger partial charge in [0.25, 0.3) is 0 Å². The lowest BCUT2D eigenvalue weighted by atomic mass is 10.3. The highest BCUT2D eigenvalue weighted by molar-refractivity contribution is 6.29. The number of aromatic nitrogens is 2. The average Bonchev–Trinajstić information content (AvgIpc) is 2.14. The summed E-state index contributed by atoms with van der Waals surface area (Å²) in [6.45, 7) is 5.55. The van der Waals surface area contributed by atoms with Crippen LogP contribution in [0.25, 0.3) is 0 Å². The zero-order chi connectivity index (χ0) is 10.7. The van der Waals surface area contributed by atoms with Crippen LogP contribution in [0.3, 0.4) is 0 Å². The lowest BCUT2D eigenvalue weighted by Crippen LogP contribution is -2.20. The predicted molar refractivity (Wildman–Crippen MR) is 57.8 cm³/mol. The first-order valence-corrected chi connectivity index (χ1v) is 4.55. The van der Waals surface area contributed by atoms with E-state index < -0.39 is 0 Å². The Kier molecular flexibility index (Phi) is 3.30. The van der Waals surface area contributed by atoms with Gasteiger partial charge in [-0.2, -0.15) is 5.10 Å². The smallest absolute Gasteiger partial charge is 0.221 e. The molecular weight excluding hydrogens is 202 g/mol. The number of hydrogen-bond acceptors (Lipinski definition) is 3. The van der Waals surface area contributed by atoms with E-state index >= 15 is 0 Å². The Morgan fingerprint density at radius 2 is 2.43 bits per heavy atom. The number of hydrogen-bond donors (Lipinski definition) is 1. The van der Waals surface area contributed by atoms with E-state index in [1.54, 1.807) is 13.1 Å². The molecule has 0 saturated carbocycles. The summed E-state index contributed by atoms with van der Waals surface area (Å²) in [4.78, 5) is 11.2. The summed E-state index contributed by atoms with van der Waals surface area (Å²) in [5.41, 5.74) is -0.288. The SMILES string of the molecule is C=CC(C)Nc1cc(=O)c(Cl)nn1C. The van der Waals surface area contributed by atoms with Gasteiger partial charge in [-0.25, -0.2) is 0 Å². The van der Waals surface area contributed by atoms with Gasteiger partial charge in [0.2, 0.25) is 5.43 Å². The van der Waals surface area contributed by atoms with Gasteiger partial charge < -0.3 is 5.32 Å². The van der Waals surface area contributed by atoms with Crippen LogP contribution < -0.4 is 10.7 Å².